The minimum atomic E-state index is -0.678. The second-order valence-corrected chi connectivity index (χ2v) is 6.49. The van der Waals surface area contributed by atoms with Crippen molar-refractivity contribution in [2.75, 3.05) is 17.7 Å². The lowest BCUT2D eigenvalue weighted by Crippen LogP contribution is -2.21. The molecule has 4 nitrogen and oxygen atoms in total. The molecule has 0 aliphatic carbocycles. The van der Waals surface area contributed by atoms with Gasteiger partial charge < -0.3 is 10.1 Å². The minimum Gasteiger partial charge on any atom is -0.456 e. The van der Waals surface area contributed by atoms with E-state index in [-0.39, 0.29) is 22.9 Å². The summed E-state index contributed by atoms with van der Waals surface area (Å²) in [7, 11) is 0. The Balaban J connectivity index is 1.68. The van der Waals surface area contributed by atoms with Gasteiger partial charge in [-0.05, 0) is 42.5 Å². The van der Waals surface area contributed by atoms with Crippen LogP contribution in [0.2, 0.25) is 5.02 Å². The number of amides is 1. The van der Waals surface area contributed by atoms with Crippen LogP contribution >= 0.6 is 23.4 Å². The second kappa shape index (κ2) is 9.39. The molecule has 0 atom stereocenters. The highest BCUT2D eigenvalue weighted by atomic mass is 35.5. The highest BCUT2D eigenvalue weighted by Gasteiger charge is 2.10. The highest BCUT2D eigenvalue weighted by molar-refractivity contribution is 7.99. The average molecular weight is 386 g/mol. The van der Waals surface area contributed by atoms with E-state index in [1.165, 1.54) is 36.0 Å². The number of nitrogens with one attached hydrogen (secondary N) is 1. The maximum Gasteiger partial charge on any atom is 0.307 e. The molecule has 0 saturated heterocycles. The molecule has 2 aromatic rings. The van der Waals surface area contributed by atoms with Crippen molar-refractivity contribution < 1.29 is 23.1 Å². The SMILES string of the molecule is O=C(COC(=O)CCSc1ccc(F)cc1)Nc1ccc(Cl)cc1F. The normalized spacial score (nSPS) is 10.4. The molecule has 1 amide bonds. The van der Waals surface area contributed by atoms with E-state index in [1.54, 1.807) is 12.1 Å². The van der Waals surface area contributed by atoms with E-state index in [2.05, 4.69) is 5.32 Å². The van der Waals surface area contributed by atoms with Crippen LogP contribution in [0, 0.1) is 11.6 Å². The third-order valence-corrected chi connectivity index (χ3v) is 4.21. The molecule has 0 aromatic heterocycles. The number of halogens is 3. The Bertz CT molecular complexity index is 756. The smallest absolute Gasteiger partial charge is 0.307 e. The first-order valence-corrected chi connectivity index (χ1v) is 8.59. The van der Waals surface area contributed by atoms with Crippen LogP contribution in [-0.2, 0) is 14.3 Å². The molecule has 0 heterocycles. The number of benzene rings is 2. The molecule has 0 aliphatic heterocycles. The van der Waals surface area contributed by atoms with Crippen molar-refractivity contribution in [2.45, 2.75) is 11.3 Å². The summed E-state index contributed by atoms with van der Waals surface area (Å²) >= 11 is 6.98. The summed E-state index contributed by atoms with van der Waals surface area (Å²) in [6, 6.07) is 9.70. The zero-order valence-electron chi connectivity index (χ0n) is 12.9. The van der Waals surface area contributed by atoms with E-state index >= 15 is 0 Å². The standard InChI is InChI=1S/C17H14ClF2NO3S/c18-11-1-6-15(14(20)9-11)21-16(22)10-24-17(23)7-8-25-13-4-2-12(19)3-5-13/h1-6,9H,7-8,10H2,(H,21,22). The molecule has 132 valence electrons. The van der Waals surface area contributed by atoms with Crippen LogP contribution in [0.4, 0.5) is 14.5 Å². The molecule has 8 heteroatoms. The molecule has 1 N–H and O–H groups in total. The Hall–Kier alpha value is -2.12. The van der Waals surface area contributed by atoms with Crippen LogP contribution in [0.3, 0.4) is 0 Å². The molecule has 0 bridgehead atoms. The fourth-order valence-corrected chi connectivity index (χ4v) is 2.77. The van der Waals surface area contributed by atoms with E-state index in [1.807, 2.05) is 0 Å². The number of thioether (sulfide) groups is 1. The number of rotatable bonds is 7. The maximum absolute atomic E-state index is 13.5. The number of esters is 1. The fraction of sp³-hybridized carbons (Fsp3) is 0.176. The Morgan fingerprint density at radius 2 is 1.84 bits per heavy atom. The zero-order chi connectivity index (χ0) is 18.2. The quantitative estimate of drug-likeness (QED) is 0.571. The molecule has 0 unspecified atom stereocenters. The van der Waals surface area contributed by atoms with Gasteiger partial charge in [0, 0.05) is 15.7 Å². The summed E-state index contributed by atoms with van der Waals surface area (Å²) in [6.45, 7) is -0.512. The monoisotopic (exact) mass is 385 g/mol. The summed E-state index contributed by atoms with van der Waals surface area (Å²) < 4.78 is 31.1. The number of carbonyl (C=O) groups excluding carboxylic acids is 2. The maximum atomic E-state index is 13.5. The number of anilines is 1. The molecule has 2 rings (SSSR count). The van der Waals surface area contributed by atoms with Gasteiger partial charge in [0.05, 0.1) is 12.1 Å². The van der Waals surface area contributed by atoms with Crippen LogP contribution in [0.15, 0.2) is 47.4 Å². The van der Waals surface area contributed by atoms with Crippen molar-refractivity contribution in [2.24, 2.45) is 0 Å². The largest absolute Gasteiger partial charge is 0.456 e. The topological polar surface area (TPSA) is 55.4 Å². The third-order valence-electron chi connectivity index (χ3n) is 2.96. The lowest BCUT2D eigenvalue weighted by atomic mass is 10.3. The van der Waals surface area contributed by atoms with Gasteiger partial charge in [0.2, 0.25) is 0 Å². The van der Waals surface area contributed by atoms with E-state index < -0.39 is 24.3 Å². The van der Waals surface area contributed by atoms with Crippen LogP contribution in [0.5, 0.6) is 0 Å². The van der Waals surface area contributed by atoms with Gasteiger partial charge in [0.15, 0.2) is 6.61 Å². The van der Waals surface area contributed by atoms with Crippen LogP contribution in [0.25, 0.3) is 0 Å². The Morgan fingerprint density at radius 1 is 1.12 bits per heavy atom. The molecule has 0 saturated carbocycles. The van der Waals surface area contributed by atoms with Crippen LogP contribution in [-0.4, -0.2) is 24.2 Å². The number of hydrogen-bond acceptors (Lipinski definition) is 4. The predicted molar refractivity (Wildman–Crippen MR) is 92.7 cm³/mol. The van der Waals surface area contributed by atoms with Gasteiger partial charge in [-0.25, -0.2) is 8.78 Å². The van der Waals surface area contributed by atoms with Crippen molar-refractivity contribution in [1.29, 1.82) is 0 Å². The molecule has 0 aliphatic rings. The molecule has 25 heavy (non-hydrogen) atoms. The highest BCUT2D eigenvalue weighted by Crippen LogP contribution is 2.20. The molecule has 2 aromatic carbocycles. The van der Waals surface area contributed by atoms with Crippen molar-refractivity contribution in [3.63, 3.8) is 0 Å². The van der Waals surface area contributed by atoms with Gasteiger partial charge >= 0.3 is 5.97 Å². The van der Waals surface area contributed by atoms with Crippen LogP contribution in [0.1, 0.15) is 6.42 Å². The number of hydrogen-bond donors (Lipinski definition) is 1. The number of carbonyl (C=O) groups is 2. The van der Waals surface area contributed by atoms with Crippen molar-refractivity contribution >= 4 is 40.9 Å². The van der Waals surface area contributed by atoms with Gasteiger partial charge in [0.25, 0.3) is 5.91 Å². The summed E-state index contributed by atoms with van der Waals surface area (Å²) in [6.07, 6.45) is 0.0879. The van der Waals surface area contributed by atoms with E-state index in [4.69, 9.17) is 16.3 Å². The van der Waals surface area contributed by atoms with Gasteiger partial charge in [-0.3, -0.25) is 9.59 Å². The lowest BCUT2D eigenvalue weighted by molar-refractivity contribution is -0.146. The van der Waals surface area contributed by atoms with Crippen molar-refractivity contribution in [1.82, 2.24) is 0 Å². The molecule has 0 spiro atoms. The van der Waals surface area contributed by atoms with Gasteiger partial charge in [-0.1, -0.05) is 11.6 Å². The zero-order valence-corrected chi connectivity index (χ0v) is 14.5. The lowest BCUT2D eigenvalue weighted by Gasteiger charge is -2.07. The fourth-order valence-electron chi connectivity index (χ4n) is 1.78. The summed E-state index contributed by atoms with van der Waals surface area (Å²) in [4.78, 5) is 24.1. The van der Waals surface area contributed by atoms with Crippen LogP contribution < -0.4 is 5.32 Å². The molecular formula is C17H14ClF2NO3S. The number of ether oxygens (including phenoxy) is 1. The first kappa shape index (κ1) is 19.2. The first-order valence-electron chi connectivity index (χ1n) is 7.23. The Labute approximate surface area is 152 Å². The predicted octanol–water partition coefficient (Wildman–Crippen LogP) is 4.28. The summed E-state index contributed by atoms with van der Waals surface area (Å²) in [5, 5.41) is 2.50. The first-order chi connectivity index (χ1) is 11.9. The minimum absolute atomic E-state index is 0.0442. The van der Waals surface area contributed by atoms with Crippen molar-refractivity contribution in [3.8, 4) is 0 Å². The van der Waals surface area contributed by atoms with Gasteiger partial charge in [0.1, 0.15) is 11.6 Å². The van der Waals surface area contributed by atoms with Crippen molar-refractivity contribution in [3.05, 3.63) is 59.1 Å². The van der Waals surface area contributed by atoms with E-state index in [0.29, 0.717) is 5.75 Å². The summed E-state index contributed by atoms with van der Waals surface area (Å²) in [5.74, 6) is -1.78. The second-order valence-electron chi connectivity index (χ2n) is 4.89. The third kappa shape index (κ3) is 6.72. The van der Waals surface area contributed by atoms with Gasteiger partial charge in [-0.15, -0.1) is 11.8 Å². The van der Waals surface area contributed by atoms with E-state index in [9.17, 15) is 18.4 Å². The molecular weight excluding hydrogens is 372 g/mol. The molecule has 0 radical (unpaired) electrons. The Kier molecular flexibility index (Phi) is 7.21. The molecule has 0 fully saturated rings. The van der Waals surface area contributed by atoms with E-state index in [0.717, 1.165) is 11.0 Å². The average Bonchev–Trinajstić information content (AvgIpc) is 2.57. The van der Waals surface area contributed by atoms with Gasteiger partial charge in [-0.2, -0.15) is 0 Å². The summed E-state index contributed by atoms with van der Waals surface area (Å²) in [5.41, 5.74) is -0.0442. The Morgan fingerprint density at radius 3 is 2.52 bits per heavy atom.